The van der Waals surface area contributed by atoms with Crippen molar-refractivity contribution in [2.24, 2.45) is 11.8 Å². The van der Waals surface area contributed by atoms with Crippen LogP contribution in [0, 0.1) is 11.8 Å². The van der Waals surface area contributed by atoms with Crippen LogP contribution in [0.15, 0.2) is 0 Å². The predicted octanol–water partition coefficient (Wildman–Crippen LogP) is 0.264. The van der Waals surface area contributed by atoms with E-state index in [0.29, 0.717) is 13.0 Å². The average molecular weight is 261 g/mol. The van der Waals surface area contributed by atoms with Gasteiger partial charge in [0.2, 0.25) is 0 Å². The molecule has 1 aliphatic heterocycles. The zero-order chi connectivity index (χ0) is 12.5. The van der Waals surface area contributed by atoms with Crippen molar-refractivity contribution in [3.63, 3.8) is 0 Å². The lowest BCUT2D eigenvalue weighted by Crippen LogP contribution is -2.36. The van der Waals surface area contributed by atoms with Crippen molar-refractivity contribution in [1.29, 1.82) is 0 Å². The van der Waals surface area contributed by atoms with Crippen molar-refractivity contribution in [2.75, 3.05) is 18.1 Å². The second-order valence-electron chi connectivity index (χ2n) is 5.14. The zero-order valence-electron chi connectivity index (χ0n) is 9.76. The molecule has 98 valence electrons. The van der Waals surface area contributed by atoms with Gasteiger partial charge in [0.1, 0.15) is 0 Å². The van der Waals surface area contributed by atoms with Gasteiger partial charge in [-0.1, -0.05) is 6.42 Å². The van der Waals surface area contributed by atoms with E-state index in [2.05, 4.69) is 5.32 Å². The second kappa shape index (κ2) is 4.94. The summed E-state index contributed by atoms with van der Waals surface area (Å²) in [6.45, 7) is 0.636. The van der Waals surface area contributed by atoms with E-state index in [0.717, 1.165) is 19.3 Å². The second-order valence-corrected chi connectivity index (χ2v) is 7.37. The maximum absolute atomic E-state index is 11.3. The first kappa shape index (κ1) is 12.8. The molecule has 2 N–H and O–H groups in total. The Kier molecular flexibility index (Phi) is 3.73. The number of rotatable bonds is 4. The topological polar surface area (TPSA) is 83.5 Å². The Bertz CT molecular complexity index is 392. The molecule has 2 rings (SSSR count). The summed E-state index contributed by atoms with van der Waals surface area (Å²) in [5, 5.41) is 12.3. The number of carboxylic acids is 1. The molecule has 0 radical (unpaired) electrons. The van der Waals surface area contributed by atoms with Gasteiger partial charge in [-0.3, -0.25) is 4.79 Å². The zero-order valence-corrected chi connectivity index (χ0v) is 10.6. The van der Waals surface area contributed by atoms with Gasteiger partial charge in [-0.25, -0.2) is 8.42 Å². The maximum atomic E-state index is 11.3. The molecule has 0 amide bonds. The predicted molar refractivity (Wildman–Crippen MR) is 63.5 cm³/mol. The molecule has 1 aliphatic carbocycles. The molecule has 6 heteroatoms. The Balaban J connectivity index is 1.81. The van der Waals surface area contributed by atoms with E-state index in [-0.39, 0.29) is 29.4 Å². The van der Waals surface area contributed by atoms with E-state index in [1.165, 1.54) is 0 Å². The van der Waals surface area contributed by atoms with Crippen LogP contribution in [0.3, 0.4) is 0 Å². The molecule has 0 bridgehead atoms. The third-order valence-corrected chi connectivity index (χ3v) is 5.65. The summed E-state index contributed by atoms with van der Waals surface area (Å²) < 4.78 is 22.6. The number of aliphatic carboxylic acids is 1. The minimum absolute atomic E-state index is 0.0232. The summed E-state index contributed by atoms with van der Waals surface area (Å²) in [6.07, 6.45) is 3.31. The summed E-state index contributed by atoms with van der Waals surface area (Å²) in [5.41, 5.74) is 0. The van der Waals surface area contributed by atoms with Crippen LogP contribution in [0.1, 0.15) is 25.7 Å². The number of hydrogen-bond donors (Lipinski definition) is 2. The number of carbonyl (C=O) groups is 1. The third kappa shape index (κ3) is 3.19. The van der Waals surface area contributed by atoms with E-state index in [1.54, 1.807) is 0 Å². The molecule has 1 saturated heterocycles. The summed E-state index contributed by atoms with van der Waals surface area (Å²) >= 11 is 0. The molecule has 0 aromatic carbocycles. The Morgan fingerprint density at radius 1 is 1.29 bits per heavy atom. The fourth-order valence-electron chi connectivity index (χ4n) is 2.88. The first-order chi connectivity index (χ1) is 7.98. The standard InChI is InChI=1S/C11H19NO4S/c13-11(14)10-3-1-2-8(10)6-12-9-4-5-17(15,16)7-9/h8-10,12H,1-7H2,(H,13,14). The molecule has 0 spiro atoms. The minimum Gasteiger partial charge on any atom is -0.481 e. The third-order valence-electron chi connectivity index (χ3n) is 3.88. The summed E-state index contributed by atoms with van der Waals surface area (Å²) in [7, 11) is -2.85. The van der Waals surface area contributed by atoms with Crippen LogP contribution in [0.4, 0.5) is 0 Å². The Labute approximate surface area is 102 Å². The first-order valence-electron chi connectivity index (χ1n) is 6.14. The molecule has 17 heavy (non-hydrogen) atoms. The van der Waals surface area contributed by atoms with Gasteiger partial charge in [0.05, 0.1) is 17.4 Å². The number of carboxylic acid groups (broad SMARTS) is 1. The lowest BCUT2D eigenvalue weighted by molar-refractivity contribution is -0.142. The number of nitrogens with one attached hydrogen (secondary N) is 1. The van der Waals surface area contributed by atoms with Crippen LogP contribution in [-0.4, -0.2) is 43.6 Å². The molecule has 1 saturated carbocycles. The van der Waals surface area contributed by atoms with Crippen LogP contribution < -0.4 is 5.32 Å². The Hall–Kier alpha value is -0.620. The lowest BCUT2D eigenvalue weighted by Gasteiger charge is -2.19. The van der Waals surface area contributed by atoms with Crippen molar-refractivity contribution in [2.45, 2.75) is 31.7 Å². The smallest absolute Gasteiger partial charge is 0.306 e. The Morgan fingerprint density at radius 2 is 2.06 bits per heavy atom. The van der Waals surface area contributed by atoms with E-state index in [9.17, 15) is 13.2 Å². The molecule has 2 fully saturated rings. The van der Waals surface area contributed by atoms with Crippen LogP contribution in [-0.2, 0) is 14.6 Å². The molecule has 1 heterocycles. The van der Waals surface area contributed by atoms with Gasteiger partial charge in [-0.05, 0) is 31.7 Å². The molecule has 2 aliphatic rings. The highest BCUT2D eigenvalue weighted by Crippen LogP contribution is 2.31. The fraction of sp³-hybridized carbons (Fsp3) is 0.909. The average Bonchev–Trinajstić information content (AvgIpc) is 2.81. The van der Waals surface area contributed by atoms with Crippen LogP contribution >= 0.6 is 0 Å². The van der Waals surface area contributed by atoms with Gasteiger partial charge < -0.3 is 10.4 Å². The number of hydrogen-bond acceptors (Lipinski definition) is 4. The monoisotopic (exact) mass is 261 g/mol. The largest absolute Gasteiger partial charge is 0.481 e. The maximum Gasteiger partial charge on any atom is 0.306 e. The molecule has 5 nitrogen and oxygen atoms in total. The highest BCUT2D eigenvalue weighted by Gasteiger charge is 2.34. The van der Waals surface area contributed by atoms with Crippen molar-refractivity contribution >= 4 is 15.8 Å². The van der Waals surface area contributed by atoms with Gasteiger partial charge in [0, 0.05) is 6.04 Å². The Morgan fingerprint density at radius 3 is 2.65 bits per heavy atom. The van der Waals surface area contributed by atoms with Crippen LogP contribution in [0.2, 0.25) is 0 Å². The summed E-state index contributed by atoms with van der Waals surface area (Å²) in [4.78, 5) is 11.0. The molecular weight excluding hydrogens is 242 g/mol. The highest BCUT2D eigenvalue weighted by atomic mass is 32.2. The van der Waals surface area contributed by atoms with Gasteiger partial charge in [0.15, 0.2) is 9.84 Å². The van der Waals surface area contributed by atoms with E-state index >= 15 is 0 Å². The van der Waals surface area contributed by atoms with Crippen molar-refractivity contribution in [1.82, 2.24) is 5.32 Å². The molecule has 3 unspecified atom stereocenters. The molecule has 0 aromatic rings. The minimum atomic E-state index is -2.85. The first-order valence-corrected chi connectivity index (χ1v) is 7.97. The summed E-state index contributed by atoms with van der Waals surface area (Å²) in [6, 6.07) is 0.0232. The summed E-state index contributed by atoms with van der Waals surface area (Å²) in [5.74, 6) is -0.334. The van der Waals surface area contributed by atoms with Gasteiger partial charge in [-0.2, -0.15) is 0 Å². The van der Waals surface area contributed by atoms with Crippen molar-refractivity contribution < 1.29 is 18.3 Å². The van der Waals surface area contributed by atoms with Gasteiger partial charge >= 0.3 is 5.97 Å². The normalized spacial score (nSPS) is 36.1. The SMILES string of the molecule is O=C(O)C1CCCC1CNC1CCS(=O)(=O)C1. The van der Waals surface area contributed by atoms with Gasteiger partial charge in [-0.15, -0.1) is 0 Å². The highest BCUT2D eigenvalue weighted by molar-refractivity contribution is 7.91. The van der Waals surface area contributed by atoms with E-state index in [1.807, 2.05) is 0 Å². The molecule has 0 aromatic heterocycles. The fourth-order valence-corrected chi connectivity index (χ4v) is 4.59. The van der Waals surface area contributed by atoms with E-state index in [4.69, 9.17) is 5.11 Å². The van der Waals surface area contributed by atoms with Crippen molar-refractivity contribution in [3.8, 4) is 0 Å². The molecular formula is C11H19NO4S. The lowest BCUT2D eigenvalue weighted by atomic mass is 9.96. The quantitative estimate of drug-likeness (QED) is 0.758. The van der Waals surface area contributed by atoms with Crippen LogP contribution in [0.25, 0.3) is 0 Å². The number of sulfone groups is 1. The van der Waals surface area contributed by atoms with Crippen molar-refractivity contribution in [3.05, 3.63) is 0 Å². The van der Waals surface area contributed by atoms with E-state index < -0.39 is 15.8 Å². The van der Waals surface area contributed by atoms with Crippen LogP contribution in [0.5, 0.6) is 0 Å². The van der Waals surface area contributed by atoms with Gasteiger partial charge in [0.25, 0.3) is 0 Å². The molecule has 3 atom stereocenters.